The molecule has 5 heteroatoms. The number of rotatable bonds is 6. The van der Waals surface area contributed by atoms with E-state index in [2.05, 4.69) is 71.0 Å². The summed E-state index contributed by atoms with van der Waals surface area (Å²) in [6.45, 7) is 7.23. The van der Waals surface area contributed by atoms with E-state index >= 15 is 0 Å². The maximum atomic E-state index is 11.1. The summed E-state index contributed by atoms with van der Waals surface area (Å²) in [6, 6.07) is 18.5. The molecule has 0 aliphatic carbocycles. The van der Waals surface area contributed by atoms with Gasteiger partial charge in [0.25, 0.3) is 0 Å². The fourth-order valence-electron chi connectivity index (χ4n) is 3.61. The van der Waals surface area contributed by atoms with Crippen LogP contribution in [-0.2, 0) is 11.2 Å². The molecule has 0 bridgehead atoms. The number of benzene rings is 2. The van der Waals surface area contributed by atoms with Gasteiger partial charge in [0, 0.05) is 38.8 Å². The highest BCUT2D eigenvalue weighted by atomic mass is 16.1. The minimum atomic E-state index is -0.0501. The Morgan fingerprint density at radius 1 is 1.07 bits per heavy atom. The lowest BCUT2D eigenvalue weighted by atomic mass is 10.0. The predicted molar refractivity (Wildman–Crippen MR) is 126 cm³/mol. The van der Waals surface area contributed by atoms with E-state index in [1.165, 1.54) is 23.6 Å². The maximum absolute atomic E-state index is 11.1. The molecule has 158 valence electrons. The zero-order valence-corrected chi connectivity index (χ0v) is 18.0. The number of carbonyl (C=O) groups excluding carboxylic acids is 1. The zero-order valence-electron chi connectivity index (χ0n) is 18.0. The van der Waals surface area contributed by atoms with Crippen molar-refractivity contribution in [2.45, 2.75) is 33.1 Å². The van der Waals surface area contributed by atoms with Crippen LogP contribution in [0, 0.1) is 0 Å². The van der Waals surface area contributed by atoms with E-state index in [1.54, 1.807) is 0 Å². The third-order valence-corrected chi connectivity index (χ3v) is 5.15. The molecular formula is C25H32N4O. The Balaban J connectivity index is 1.53. The molecule has 30 heavy (non-hydrogen) atoms. The van der Waals surface area contributed by atoms with Gasteiger partial charge in [-0.2, -0.15) is 0 Å². The van der Waals surface area contributed by atoms with Crippen LogP contribution in [-0.4, -0.2) is 42.9 Å². The van der Waals surface area contributed by atoms with Gasteiger partial charge in [0.05, 0.1) is 0 Å². The molecule has 2 aromatic carbocycles. The number of anilines is 1. The first-order valence-electron chi connectivity index (χ1n) is 10.8. The molecule has 3 rings (SSSR count). The third-order valence-electron chi connectivity index (χ3n) is 5.15. The molecule has 0 atom stereocenters. The summed E-state index contributed by atoms with van der Waals surface area (Å²) in [5.41, 5.74) is 4.84. The highest BCUT2D eigenvalue weighted by Crippen LogP contribution is 2.19. The quantitative estimate of drug-likeness (QED) is 0.556. The van der Waals surface area contributed by atoms with E-state index in [0.29, 0.717) is 0 Å². The fraction of sp³-hybridized carbons (Fsp3) is 0.360. The number of nitrogens with zero attached hydrogens (tertiary/aromatic N) is 2. The van der Waals surface area contributed by atoms with Crippen molar-refractivity contribution < 1.29 is 4.79 Å². The largest absolute Gasteiger partial charge is 0.357 e. The first-order chi connectivity index (χ1) is 14.6. The van der Waals surface area contributed by atoms with Crippen LogP contribution in [0.2, 0.25) is 0 Å². The van der Waals surface area contributed by atoms with Gasteiger partial charge in [-0.25, -0.2) is 0 Å². The summed E-state index contributed by atoms with van der Waals surface area (Å²) in [7, 11) is 0. The van der Waals surface area contributed by atoms with Crippen LogP contribution in [0.3, 0.4) is 0 Å². The summed E-state index contributed by atoms with van der Waals surface area (Å²) < 4.78 is 0. The predicted octanol–water partition coefficient (Wildman–Crippen LogP) is 4.33. The first kappa shape index (κ1) is 21.6. The standard InChI is InChI=1S/C25H32N4O/c1-3-26-25(27-16-13-21-9-11-24(12-10-21)28-20(2)30)29-17-14-23(15-18-29)19-22-7-5-4-6-8-22/h4-12,19H,3,13-18H2,1-2H3,(H,26,27)(H,28,30). The first-order valence-corrected chi connectivity index (χ1v) is 10.8. The molecule has 2 aromatic rings. The number of amides is 1. The normalized spacial score (nSPS) is 14.4. The Kier molecular flexibility index (Phi) is 8.07. The smallest absolute Gasteiger partial charge is 0.221 e. The van der Waals surface area contributed by atoms with Crippen molar-refractivity contribution in [2.75, 3.05) is 31.5 Å². The molecule has 0 radical (unpaired) electrons. The van der Waals surface area contributed by atoms with E-state index in [4.69, 9.17) is 4.99 Å². The van der Waals surface area contributed by atoms with Crippen LogP contribution in [0.5, 0.6) is 0 Å². The second-order valence-corrected chi connectivity index (χ2v) is 7.56. The molecule has 0 aromatic heterocycles. The molecule has 0 saturated carbocycles. The summed E-state index contributed by atoms with van der Waals surface area (Å²) in [6.07, 6.45) is 5.35. The summed E-state index contributed by atoms with van der Waals surface area (Å²) in [4.78, 5) is 18.3. The van der Waals surface area contributed by atoms with Crippen LogP contribution in [0.15, 0.2) is 65.2 Å². The van der Waals surface area contributed by atoms with Crippen molar-refractivity contribution in [3.8, 4) is 0 Å². The Labute approximate surface area is 179 Å². The van der Waals surface area contributed by atoms with Crippen molar-refractivity contribution in [1.29, 1.82) is 0 Å². The third kappa shape index (κ3) is 6.76. The molecule has 1 aliphatic rings. The Morgan fingerprint density at radius 3 is 2.40 bits per heavy atom. The second kappa shape index (κ2) is 11.2. The minimum Gasteiger partial charge on any atom is -0.357 e. The highest BCUT2D eigenvalue weighted by molar-refractivity contribution is 5.88. The van der Waals surface area contributed by atoms with Gasteiger partial charge in [0.1, 0.15) is 0 Å². The van der Waals surface area contributed by atoms with Gasteiger partial charge in [-0.1, -0.05) is 54.1 Å². The van der Waals surface area contributed by atoms with Gasteiger partial charge in [0.15, 0.2) is 5.96 Å². The molecular weight excluding hydrogens is 372 g/mol. The van der Waals surface area contributed by atoms with Gasteiger partial charge >= 0.3 is 0 Å². The van der Waals surface area contributed by atoms with Crippen molar-refractivity contribution in [1.82, 2.24) is 10.2 Å². The molecule has 5 nitrogen and oxygen atoms in total. The number of hydrogen-bond acceptors (Lipinski definition) is 2. The average Bonchev–Trinajstić information content (AvgIpc) is 2.75. The molecule has 1 saturated heterocycles. The van der Waals surface area contributed by atoms with Gasteiger partial charge in [-0.3, -0.25) is 9.79 Å². The summed E-state index contributed by atoms with van der Waals surface area (Å²) in [5, 5.41) is 6.24. The fourth-order valence-corrected chi connectivity index (χ4v) is 3.61. The Morgan fingerprint density at radius 2 is 1.77 bits per heavy atom. The van der Waals surface area contributed by atoms with Crippen molar-refractivity contribution in [3.63, 3.8) is 0 Å². The van der Waals surface area contributed by atoms with Crippen molar-refractivity contribution in [3.05, 3.63) is 71.3 Å². The number of likely N-dealkylation sites (tertiary alicyclic amines) is 1. The number of carbonyl (C=O) groups is 1. The Bertz CT molecular complexity index is 862. The van der Waals surface area contributed by atoms with Crippen LogP contribution >= 0.6 is 0 Å². The monoisotopic (exact) mass is 404 g/mol. The summed E-state index contributed by atoms with van der Waals surface area (Å²) in [5.74, 6) is 0.956. The SMILES string of the molecule is CCNC(=NCCc1ccc(NC(C)=O)cc1)N1CCC(=Cc2ccccc2)CC1. The van der Waals surface area contributed by atoms with E-state index < -0.39 is 0 Å². The zero-order chi connectivity index (χ0) is 21.2. The van der Waals surface area contributed by atoms with Crippen LogP contribution in [0.4, 0.5) is 5.69 Å². The van der Waals surface area contributed by atoms with Crippen molar-refractivity contribution >= 4 is 23.6 Å². The van der Waals surface area contributed by atoms with Crippen LogP contribution in [0.1, 0.15) is 37.8 Å². The number of aliphatic imine (C=N–C) groups is 1. The van der Waals surface area contributed by atoms with Gasteiger partial charge in [-0.15, -0.1) is 0 Å². The van der Waals surface area contributed by atoms with Crippen LogP contribution in [0.25, 0.3) is 6.08 Å². The molecule has 1 heterocycles. The van der Waals surface area contributed by atoms with E-state index in [9.17, 15) is 4.79 Å². The van der Waals surface area contributed by atoms with E-state index in [1.807, 2.05) is 12.1 Å². The molecule has 1 fully saturated rings. The topological polar surface area (TPSA) is 56.7 Å². The molecule has 0 spiro atoms. The van der Waals surface area contributed by atoms with Crippen molar-refractivity contribution in [2.24, 2.45) is 4.99 Å². The lowest BCUT2D eigenvalue weighted by molar-refractivity contribution is -0.114. The number of hydrogen-bond donors (Lipinski definition) is 2. The van der Waals surface area contributed by atoms with Gasteiger partial charge < -0.3 is 15.5 Å². The van der Waals surface area contributed by atoms with Crippen LogP contribution < -0.4 is 10.6 Å². The lowest BCUT2D eigenvalue weighted by Gasteiger charge is -2.31. The van der Waals surface area contributed by atoms with Gasteiger partial charge in [-0.05, 0) is 49.4 Å². The average molecular weight is 405 g/mol. The molecule has 1 amide bonds. The second-order valence-electron chi connectivity index (χ2n) is 7.56. The minimum absolute atomic E-state index is 0.0501. The number of piperidine rings is 1. The summed E-state index contributed by atoms with van der Waals surface area (Å²) >= 11 is 0. The lowest BCUT2D eigenvalue weighted by Crippen LogP contribution is -2.44. The number of guanidine groups is 1. The molecule has 0 unspecified atom stereocenters. The van der Waals surface area contributed by atoms with E-state index in [0.717, 1.165) is 57.1 Å². The highest BCUT2D eigenvalue weighted by Gasteiger charge is 2.17. The maximum Gasteiger partial charge on any atom is 0.221 e. The van der Waals surface area contributed by atoms with E-state index in [-0.39, 0.29) is 5.91 Å². The number of nitrogens with one attached hydrogen (secondary N) is 2. The Hall–Kier alpha value is -3.08. The molecule has 1 aliphatic heterocycles. The van der Waals surface area contributed by atoms with Gasteiger partial charge in [0.2, 0.25) is 5.91 Å². The molecule has 2 N–H and O–H groups in total.